The summed E-state index contributed by atoms with van der Waals surface area (Å²) in [7, 11) is 1.66. The van der Waals surface area contributed by atoms with Crippen molar-refractivity contribution >= 4 is 29.3 Å². The molecule has 1 aliphatic heterocycles. The van der Waals surface area contributed by atoms with Crippen LogP contribution in [0.15, 0.2) is 72.8 Å². The molecule has 2 amide bonds. The van der Waals surface area contributed by atoms with Gasteiger partial charge in [0.05, 0.1) is 6.42 Å². The zero-order valence-electron chi connectivity index (χ0n) is 20.4. The molecule has 0 bridgehead atoms. The van der Waals surface area contributed by atoms with Crippen LogP contribution in [0.1, 0.15) is 29.2 Å². The first-order valence-corrected chi connectivity index (χ1v) is 11.8. The summed E-state index contributed by atoms with van der Waals surface area (Å²) in [5.41, 5.74) is 15.6. The van der Waals surface area contributed by atoms with Crippen molar-refractivity contribution in [1.82, 2.24) is 4.90 Å². The molecular formula is C28H29N5O4. The number of primary amides is 1. The Balaban J connectivity index is 1.89. The van der Waals surface area contributed by atoms with Gasteiger partial charge in [-0.05, 0) is 29.2 Å². The minimum Gasteiger partial charge on any atom is -0.481 e. The van der Waals surface area contributed by atoms with Crippen molar-refractivity contribution in [2.24, 2.45) is 11.5 Å². The first-order chi connectivity index (χ1) is 17.7. The van der Waals surface area contributed by atoms with Crippen LogP contribution < -0.4 is 16.4 Å². The second-order valence-corrected chi connectivity index (χ2v) is 9.03. The second kappa shape index (κ2) is 10.5. The number of carbonyl (C=O) groups excluding carboxylic acids is 2. The van der Waals surface area contributed by atoms with Crippen molar-refractivity contribution in [3.8, 4) is 11.1 Å². The number of aliphatic carboxylic acids is 1. The number of rotatable bonds is 8. The second-order valence-electron chi connectivity index (χ2n) is 9.03. The molecule has 0 saturated carbocycles. The lowest BCUT2D eigenvalue weighted by Crippen LogP contribution is -2.49. The first kappa shape index (κ1) is 25.4. The quantitative estimate of drug-likeness (QED) is 0.276. The third-order valence-corrected chi connectivity index (χ3v) is 6.71. The molecule has 0 spiro atoms. The molecule has 1 aliphatic rings. The van der Waals surface area contributed by atoms with Gasteiger partial charge in [0, 0.05) is 30.4 Å². The number of nitrogen functional groups attached to an aromatic ring is 1. The maximum atomic E-state index is 13.8. The van der Waals surface area contributed by atoms with Gasteiger partial charge in [0.15, 0.2) is 0 Å². The van der Waals surface area contributed by atoms with E-state index in [1.165, 1.54) is 4.90 Å². The molecule has 0 aliphatic carbocycles. The smallest absolute Gasteiger partial charge is 0.305 e. The highest BCUT2D eigenvalue weighted by molar-refractivity contribution is 5.99. The third kappa shape index (κ3) is 5.16. The minimum atomic E-state index is -1.12. The van der Waals surface area contributed by atoms with Gasteiger partial charge in [0.1, 0.15) is 17.9 Å². The number of amidine groups is 1. The van der Waals surface area contributed by atoms with Gasteiger partial charge in [0.25, 0.3) is 0 Å². The monoisotopic (exact) mass is 499 g/mol. The number of carbonyl (C=O) groups is 3. The zero-order valence-corrected chi connectivity index (χ0v) is 20.4. The molecule has 0 saturated heterocycles. The molecule has 0 fully saturated rings. The van der Waals surface area contributed by atoms with Gasteiger partial charge in [0.2, 0.25) is 11.8 Å². The number of carboxylic acids is 1. The maximum Gasteiger partial charge on any atom is 0.305 e. The fourth-order valence-corrected chi connectivity index (χ4v) is 4.86. The summed E-state index contributed by atoms with van der Waals surface area (Å²) in [6.07, 6.45) is 0.0320. The molecule has 1 heterocycles. The summed E-state index contributed by atoms with van der Waals surface area (Å²) < 4.78 is 0. The SMILES string of the molecule is CN1c2cccc(-c3ccc(C(=N)N)cc3)c2C(C(N)=O)N(CCc2ccccc2)C(=O)C1CC(=O)O. The van der Waals surface area contributed by atoms with Crippen LogP contribution >= 0.6 is 0 Å². The Morgan fingerprint density at radius 2 is 1.65 bits per heavy atom. The Labute approximate surface area is 214 Å². The van der Waals surface area contributed by atoms with Gasteiger partial charge in [-0.25, -0.2) is 0 Å². The van der Waals surface area contributed by atoms with E-state index < -0.39 is 36.3 Å². The van der Waals surface area contributed by atoms with Crippen LogP contribution in [-0.4, -0.2) is 53.3 Å². The van der Waals surface area contributed by atoms with Gasteiger partial charge in [-0.3, -0.25) is 19.8 Å². The van der Waals surface area contributed by atoms with Crippen LogP contribution in [0.5, 0.6) is 0 Å². The molecule has 2 unspecified atom stereocenters. The normalized spacial score (nSPS) is 17.2. The molecule has 190 valence electrons. The van der Waals surface area contributed by atoms with Gasteiger partial charge in [-0.2, -0.15) is 0 Å². The van der Waals surface area contributed by atoms with Crippen LogP contribution in [0.2, 0.25) is 0 Å². The van der Waals surface area contributed by atoms with E-state index in [1.54, 1.807) is 48.3 Å². The first-order valence-electron chi connectivity index (χ1n) is 11.8. The summed E-state index contributed by atoms with van der Waals surface area (Å²) in [6, 6.07) is 19.8. The molecule has 4 rings (SSSR count). The van der Waals surface area contributed by atoms with E-state index in [-0.39, 0.29) is 12.4 Å². The van der Waals surface area contributed by atoms with Crippen LogP contribution in [0.3, 0.4) is 0 Å². The molecule has 3 aromatic carbocycles. The third-order valence-electron chi connectivity index (χ3n) is 6.71. The average Bonchev–Trinajstić information content (AvgIpc) is 2.96. The lowest BCUT2D eigenvalue weighted by molar-refractivity contribution is -0.144. The van der Waals surface area contributed by atoms with E-state index in [0.29, 0.717) is 28.8 Å². The molecule has 0 aromatic heterocycles. The Kier molecular flexibility index (Phi) is 7.24. The fraction of sp³-hybridized carbons (Fsp3) is 0.214. The molecular weight excluding hydrogens is 470 g/mol. The van der Waals surface area contributed by atoms with E-state index in [4.69, 9.17) is 16.9 Å². The van der Waals surface area contributed by atoms with E-state index in [0.717, 1.165) is 11.1 Å². The standard InChI is InChI=1S/C28H29N5O4/c1-32-21-9-5-8-20(18-10-12-19(13-11-18)26(29)30)24(21)25(27(31)36)33(28(37)22(32)16-23(34)35)15-14-17-6-3-2-4-7-17/h2-13,22,25H,14-16H2,1H3,(H3,29,30)(H2,31,36)(H,34,35). The predicted octanol–water partition coefficient (Wildman–Crippen LogP) is 2.53. The van der Waals surface area contributed by atoms with E-state index in [9.17, 15) is 19.5 Å². The Bertz CT molecular complexity index is 1340. The number of carboxylic acid groups (broad SMARTS) is 1. The maximum absolute atomic E-state index is 13.8. The molecule has 37 heavy (non-hydrogen) atoms. The van der Waals surface area contributed by atoms with Crippen molar-refractivity contribution in [3.05, 3.63) is 89.5 Å². The number of anilines is 1. The highest BCUT2D eigenvalue weighted by Crippen LogP contribution is 2.42. The van der Waals surface area contributed by atoms with E-state index >= 15 is 0 Å². The number of benzene rings is 3. The van der Waals surface area contributed by atoms with Crippen molar-refractivity contribution in [2.75, 3.05) is 18.5 Å². The zero-order chi connectivity index (χ0) is 26.7. The topological polar surface area (TPSA) is 154 Å². The van der Waals surface area contributed by atoms with Gasteiger partial charge in [-0.1, -0.05) is 66.7 Å². The Morgan fingerprint density at radius 1 is 0.973 bits per heavy atom. The number of nitrogens with two attached hydrogens (primary N) is 2. The summed E-state index contributed by atoms with van der Waals surface area (Å²) in [6.45, 7) is 0.178. The van der Waals surface area contributed by atoms with E-state index in [1.807, 2.05) is 36.4 Å². The molecule has 9 nitrogen and oxygen atoms in total. The Morgan fingerprint density at radius 3 is 2.24 bits per heavy atom. The number of fused-ring (bicyclic) bond motifs is 1. The summed E-state index contributed by atoms with van der Waals surface area (Å²) in [5.74, 6) is -2.37. The minimum absolute atomic E-state index is 0.0672. The lowest BCUT2D eigenvalue weighted by Gasteiger charge is -2.31. The summed E-state index contributed by atoms with van der Waals surface area (Å²) in [4.78, 5) is 41.7. The molecule has 2 atom stereocenters. The van der Waals surface area contributed by atoms with Gasteiger partial charge >= 0.3 is 5.97 Å². The van der Waals surface area contributed by atoms with Gasteiger partial charge < -0.3 is 26.4 Å². The molecule has 3 aromatic rings. The number of hydrogen-bond acceptors (Lipinski definition) is 5. The van der Waals surface area contributed by atoms with Crippen LogP contribution in [0.25, 0.3) is 11.1 Å². The van der Waals surface area contributed by atoms with Crippen molar-refractivity contribution in [3.63, 3.8) is 0 Å². The number of amides is 2. The highest BCUT2D eigenvalue weighted by atomic mass is 16.4. The summed E-state index contributed by atoms with van der Waals surface area (Å²) in [5, 5.41) is 17.3. The number of likely N-dealkylation sites (N-methyl/N-ethyl adjacent to an activating group) is 1. The van der Waals surface area contributed by atoms with Crippen molar-refractivity contribution in [1.29, 1.82) is 5.41 Å². The molecule has 0 radical (unpaired) electrons. The average molecular weight is 500 g/mol. The molecule has 9 heteroatoms. The van der Waals surface area contributed by atoms with Crippen LogP contribution in [-0.2, 0) is 20.8 Å². The Hall–Kier alpha value is -4.66. The molecule has 6 N–H and O–H groups in total. The van der Waals surface area contributed by atoms with Crippen molar-refractivity contribution in [2.45, 2.75) is 24.9 Å². The number of nitrogens with one attached hydrogen (secondary N) is 1. The lowest BCUT2D eigenvalue weighted by atomic mass is 9.91. The van der Waals surface area contributed by atoms with Crippen molar-refractivity contribution < 1.29 is 19.5 Å². The van der Waals surface area contributed by atoms with E-state index in [2.05, 4.69) is 0 Å². The van der Waals surface area contributed by atoms with Gasteiger partial charge in [-0.15, -0.1) is 0 Å². The fourth-order valence-electron chi connectivity index (χ4n) is 4.86. The van der Waals surface area contributed by atoms with Crippen LogP contribution in [0, 0.1) is 5.41 Å². The number of hydrogen-bond donors (Lipinski definition) is 4. The predicted molar refractivity (Wildman–Crippen MR) is 141 cm³/mol. The van der Waals surface area contributed by atoms with Crippen LogP contribution in [0.4, 0.5) is 5.69 Å². The highest BCUT2D eigenvalue weighted by Gasteiger charge is 2.42. The number of nitrogens with zero attached hydrogens (tertiary/aromatic N) is 2. The summed E-state index contributed by atoms with van der Waals surface area (Å²) >= 11 is 0. The largest absolute Gasteiger partial charge is 0.481 e.